The molecule has 2 rings (SSSR count). The highest BCUT2D eigenvalue weighted by atomic mass is 16.4. The van der Waals surface area contributed by atoms with Crippen molar-refractivity contribution in [1.82, 2.24) is 15.1 Å². The van der Waals surface area contributed by atoms with Crippen molar-refractivity contribution in [3.05, 3.63) is 18.0 Å². The predicted molar refractivity (Wildman–Crippen MR) is 59.1 cm³/mol. The van der Waals surface area contributed by atoms with Crippen LogP contribution in [0.25, 0.3) is 0 Å². The average Bonchev–Trinajstić information content (AvgIpc) is 2.83. The number of rotatable bonds is 4. The van der Waals surface area contributed by atoms with Gasteiger partial charge in [-0.3, -0.25) is 9.48 Å². The van der Waals surface area contributed by atoms with Crippen molar-refractivity contribution >= 4 is 5.97 Å². The largest absolute Gasteiger partial charge is 0.480 e. The van der Waals surface area contributed by atoms with Crippen molar-refractivity contribution in [2.24, 2.45) is 7.05 Å². The van der Waals surface area contributed by atoms with Crippen molar-refractivity contribution in [3.63, 3.8) is 0 Å². The molecule has 88 valence electrons. The molecule has 2 atom stereocenters. The van der Waals surface area contributed by atoms with Crippen LogP contribution in [-0.4, -0.2) is 32.9 Å². The van der Waals surface area contributed by atoms with Gasteiger partial charge in [0.2, 0.25) is 0 Å². The molecule has 0 saturated carbocycles. The molecule has 16 heavy (non-hydrogen) atoms. The lowest BCUT2D eigenvalue weighted by Gasteiger charge is -2.11. The van der Waals surface area contributed by atoms with E-state index in [1.54, 1.807) is 6.20 Å². The summed E-state index contributed by atoms with van der Waals surface area (Å²) in [4.78, 5) is 10.8. The summed E-state index contributed by atoms with van der Waals surface area (Å²) >= 11 is 0. The number of hydrogen-bond donors (Lipinski definition) is 2. The van der Waals surface area contributed by atoms with Crippen molar-refractivity contribution in [1.29, 1.82) is 0 Å². The molecule has 1 fully saturated rings. The average molecular weight is 223 g/mol. The first-order chi connectivity index (χ1) is 7.66. The van der Waals surface area contributed by atoms with Crippen LogP contribution in [0.15, 0.2) is 12.3 Å². The van der Waals surface area contributed by atoms with Gasteiger partial charge in [0.1, 0.15) is 6.04 Å². The summed E-state index contributed by atoms with van der Waals surface area (Å²) in [5.41, 5.74) is 1.19. The number of aliphatic carboxylic acids is 1. The summed E-state index contributed by atoms with van der Waals surface area (Å²) in [6.45, 7) is 0. The third-order valence-electron chi connectivity index (χ3n) is 3.21. The second kappa shape index (κ2) is 4.65. The van der Waals surface area contributed by atoms with Crippen molar-refractivity contribution < 1.29 is 9.90 Å². The SMILES string of the molecule is Cn1nccc1CCC1CCC(C(=O)O)N1. The minimum atomic E-state index is -0.733. The minimum absolute atomic E-state index is 0.330. The molecule has 1 aliphatic heterocycles. The van der Waals surface area contributed by atoms with Gasteiger partial charge in [-0.15, -0.1) is 0 Å². The monoisotopic (exact) mass is 223 g/mol. The van der Waals surface area contributed by atoms with E-state index in [0.717, 1.165) is 25.7 Å². The number of aryl methyl sites for hydroxylation is 2. The Morgan fingerprint density at radius 1 is 1.69 bits per heavy atom. The van der Waals surface area contributed by atoms with Gasteiger partial charge in [-0.05, 0) is 31.7 Å². The number of carbonyl (C=O) groups is 1. The molecule has 0 radical (unpaired) electrons. The first-order valence-electron chi connectivity index (χ1n) is 5.62. The fourth-order valence-corrected chi connectivity index (χ4v) is 2.21. The van der Waals surface area contributed by atoms with E-state index >= 15 is 0 Å². The number of aromatic nitrogens is 2. The maximum Gasteiger partial charge on any atom is 0.320 e. The second-order valence-electron chi connectivity index (χ2n) is 4.32. The lowest BCUT2D eigenvalue weighted by Crippen LogP contribution is -2.35. The summed E-state index contributed by atoms with van der Waals surface area (Å²) in [6.07, 6.45) is 5.40. The van der Waals surface area contributed by atoms with Gasteiger partial charge in [0.05, 0.1) is 0 Å². The Morgan fingerprint density at radius 3 is 3.06 bits per heavy atom. The van der Waals surface area contributed by atoms with Crippen LogP contribution in [0.5, 0.6) is 0 Å². The Kier molecular flexibility index (Phi) is 3.24. The summed E-state index contributed by atoms with van der Waals surface area (Å²) in [7, 11) is 1.93. The fourth-order valence-electron chi connectivity index (χ4n) is 2.21. The standard InChI is InChI=1S/C11H17N3O2/c1-14-9(6-7-12-14)4-2-8-3-5-10(13-8)11(15)16/h6-8,10,13H,2-5H2,1H3,(H,15,16). The third kappa shape index (κ3) is 2.41. The van der Waals surface area contributed by atoms with E-state index in [4.69, 9.17) is 5.11 Å². The van der Waals surface area contributed by atoms with Crippen molar-refractivity contribution in [2.75, 3.05) is 0 Å². The molecule has 1 aliphatic rings. The van der Waals surface area contributed by atoms with E-state index in [0.29, 0.717) is 6.04 Å². The molecule has 1 saturated heterocycles. The molecule has 2 N–H and O–H groups in total. The summed E-state index contributed by atoms with van der Waals surface area (Å²) in [6, 6.07) is 1.98. The fraction of sp³-hybridized carbons (Fsp3) is 0.636. The molecule has 1 aromatic rings. The molecule has 0 aliphatic carbocycles. The molecule has 5 nitrogen and oxygen atoms in total. The van der Waals surface area contributed by atoms with Crippen LogP contribution in [-0.2, 0) is 18.3 Å². The van der Waals surface area contributed by atoms with E-state index in [1.165, 1.54) is 5.69 Å². The molecule has 5 heteroatoms. The Labute approximate surface area is 94.5 Å². The van der Waals surface area contributed by atoms with Crippen molar-refractivity contribution in [3.8, 4) is 0 Å². The molecule has 0 aromatic carbocycles. The van der Waals surface area contributed by atoms with E-state index < -0.39 is 5.97 Å². The number of nitrogens with zero attached hydrogens (tertiary/aromatic N) is 2. The third-order valence-corrected chi connectivity index (χ3v) is 3.21. The molecule has 2 heterocycles. The number of nitrogens with one attached hydrogen (secondary N) is 1. The van der Waals surface area contributed by atoms with Crippen LogP contribution in [0.2, 0.25) is 0 Å². The highest BCUT2D eigenvalue weighted by Crippen LogP contribution is 2.17. The zero-order valence-corrected chi connectivity index (χ0v) is 9.39. The normalized spacial score (nSPS) is 24.8. The van der Waals surface area contributed by atoms with Crippen LogP contribution in [0, 0.1) is 0 Å². The van der Waals surface area contributed by atoms with Gasteiger partial charge in [0.25, 0.3) is 0 Å². The molecule has 2 unspecified atom stereocenters. The quantitative estimate of drug-likeness (QED) is 0.782. The number of hydrogen-bond acceptors (Lipinski definition) is 3. The topological polar surface area (TPSA) is 67.2 Å². The van der Waals surface area contributed by atoms with Gasteiger partial charge in [0, 0.05) is 25.0 Å². The van der Waals surface area contributed by atoms with Gasteiger partial charge in [0.15, 0.2) is 0 Å². The van der Waals surface area contributed by atoms with E-state index in [-0.39, 0.29) is 6.04 Å². The first-order valence-corrected chi connectivity index (χ1v) is 5.62. The van der Waals surface area contributed by atoms with Gasteiger partial charge in [-0.25, -0.2) is 0 Å². The zero-order chi connectivity index (χ0) is 11.5. The first kappa shape index (κ1) is 11.1. The van der Waals surface area contributed by atoms with Crippen LogP contribution in [0.4, 0.5) is 0 Å². The highest BCUT2D eigenvalue weighted by molar-refractivity contribution is 5.73. The highest BCUT2D eigenvalue weighted by Gasteiger charge is 2.28. The summed E-state index contributed by atoms with van der Waals surface area (Å²) < 4.78 is 1.86. The molecular formula is C11H17N3O2. The molecule has 0 spiro atoms. The van der Waals surface area contributed by atoms with Gasteiger partial charge in [-0.2, -0.15) is 5.10 Å². The summed E-state index contributed by atoms with van der Waals surface area (Å²) in [5, 5.41) is 16.1. The van der Waals surface area contributed by atoms with E-state index in [2.05, 4.69) is 10.4 Å². The van der Waals surface area contributed by atoms with Crippen LogP contribution >= 0.6 is 0 Å². The number of carboxylic acids is 1. The van der Waals surface area contributed by atoms with Gasteiger partial charge >= 0.3 is 5.97 Å². The molecule has 1 aromatic heterocycles. The van der Waals surface area contributed by atoms with Crippen LogP contribution in [0.1, 0.15) is 25.0 Å². The second-order valence-corrected chi connectivity index (χ2v) is 4.32. The van der Waals surface area contributed by atoms with Crippen LogP contribution in [0.3, 0.4) is 0 Å². The lowest BCUT2D eigenvalue weighted by molar-refractivity contribution is -0.139. The van der Waals surface area contributed by atoms with Gasteiger partial charge in [-0.1, -0.05) is 0 Å². The molecule has 0 bridgehead atoms. The van der Waals surface area contributed by atoms with Crippen LogP contribution < -0.4 is 5.32 Å². The molecular weight excluding hydrogens is 206 g/mol. The zero-order valence-electron chi connectivity index (χ0n) is 9.39. The minimum Gasteiger partial charge on any atom is -0.480 e. The maximum absolute atomic E-state index is 10.8. The van der Waals surface area contributed by atoms with Crippen molar-refractivity contribution in [2.45, 2.75) is 37.8 Å². The summed E-state index contributed by atoms with van der Waals surface area (Å²) in [5.74, 6) is -0.733. The van der Waals surface area contributed by atoms with Gasteiger partial charge < -0.3 is 10.4 Å². The Hall–Kier alpha value is -1.36. The predicted octanol–water partition coefficient (Wildman–Crippen LogP) is 0.558. The Balaban J connectivity index is 1.80. The lowest BCUT2D eigenvalue weighted by atomic mass is 10.1. The number of carboxylic acid groups (broad SMARTS) is 1. The smallest absolute Gasteiger partial charge is 0.320 e. The maximum atomic E-state index is 10.8. The molecule has 0 amide bonds. The Bertz CT molecular complexity index is 375. The Morgan fingerprint density at radius 2 is 2.50 bits per heavy atom. The van der Waals surface area contributed by atoms with E-state index in [1.807, 2.05) is 17.8 Å². The van der Waals surface area contributed by atoms with E-state index in [9.17, 15) is 4.79 Å².